The molecular weight excluding hydrogens is 443 g/mol. The molecular formula is C27H24F3NO3. The number of ether oxygens (including phenoxy) is 3. The van der Waals surface area contributed by atoms with Crippen LogP contribution >= 0.6 is 0 Å². The quantitative estimate of drug-likeness (QED) is 0.334. The average Bonchev–Trinajstić information content (AvgIpc) is 3.44. The van der Waals surface area contributed by atoms with E-state index in [-0.39, 0.29) is 0 Å². The summed E-state index contributed by atoms with van der Waals surface area (Å²) in [5, 5.41) is 0.532. The van der Waals surface area contributed by atoms with E-state index in [1.165, 1.54) is 6.07 Å². The summed E-state index contributed by atoms with van der Waals surface area (Å²) in [7, 11) is 1.60. The minimum absolute atomic E-state index is 0.395. The van der Waals surface area contributed by atoms with Crippen molar-refractivity contribution in [3.05, 3.63) is 83.6 Å². The Bertz CT molecular complexity index is 1320. The van der Waals surface area contributed by atoms with Crippen molar-refractivity contribution in [1.29, 1.82) is 0 Å². The van der Waals surface area contributed by atoms with E-state index in [1.54, 1.807) is 13.2 Å². The Kier molecular flexibility index (Phi) is 5.83. The standard InChI is InChI=1S/C27H24F3NO3/c1-17-14-20(32-2)9-11-22(17)31-23-10-8-19(27(28,29)30)15-21(23)26(18-6-4-3-5-7-18)24(31)16-25-33-12-13-34-25/h3-11,14-15,25H,12-13,16H2,1-2H3. The smallest absolute Gasteiger partial charge is 0.416 e. The first kappa shape index (κ1) is 22.5. The molecule has 0 N–H and O–H groups in total. The van der Waals surface area contributed by atoms with Crippen molar-refractivity contribution in [2.24, 2.45) is 0 Å². The van der Waals surface area contributed by atoms with Crippen LogP contribution in [0.4, 0.5) is 13.2 Å². The molecule has 1 aliphatic rings. The molecule has 0 amide bonds. The van der Waals surface area contributed by atoms with Crippen molar-refractivity contribution in [1.82, 2.24) is 4.57 Å². The number of fused-ring (bicyclic) bond motifs is 1. The van der Waals surface area contributed by atoms with E-state index < -0.39 is 18.0 Å². The second-order valence-electron chi connectivity index (χ2n) is 8.28. The molecule has 1 aliphatic heterocycles. The molecule has 0 bridgehead atoms. The van der Waals surface area contributed by atoms with E-state index in [1.807, 2.05) is 60.0 Å². The number of aryl methyl sites for hydroxylation is 1. The molecule has 1 aromatic heterocycles. The minimum Gasteiger partial charge on any atom is -0.497 e. The van der Waals surface area contributed by atoms with Gasteiger partial charge in [-0.1, -0.05) is 30.3 Å². The molecule has 0 atom stereocenters. The Labute approximate surface area is 195 Å². The van der Waals surface area contributed by atoms with Crippen LogP contribution < -0.4 is 4.74 Å². The van der Waals surface area contributed by atoms with Crippen LogP contribution in [0.5, 0.6) is 5.75 Å². The monoisotopic (exact) mass is 467 g/mol. The maximum Gasteiger partial charge on any atom is 0.416 e. The molecule has 1 saturated heterocycles. The van der Waals surface area contributed by atoms with Crippen molar-refractivity contribution in [2.45, 2.75) is 25.8 Å². The fourth-order valence-corrected chi connectivity index (χ4v) is 4.60. The molecule has 4 aromatic rings. The molecule has 34 heavy (non-hydrogen) atoms. The fourth-order valence-electron chi connectivity index (χ4n) is 4.60. The van der Waals surface area contributed by atoms with Crippen LogP contribution in [0, 0.1) is 6.92 Å². The third kappa shape index (κ3) is 4.06. The number of nitrogens with zero attached hydrogens (tertiary/aromatic N) is 1. The second kappa shape index (κ2) is 8.81. The van der Waals surface area contributed by atoms with Gasteiger partial charge in [-0.2, -0.15) is 13.2 Å². The molecule has 0 saturated carbocycles. The summed E-state index contributed by atoms with van der Waals surface area (Å²) in [4.78, 5) is 0. The molecule has 0 unspecified atom stereocenters. The van der Waals surface area contributed by atoms with Gasteiger partial charge in [0.25, 0.3) is 0 Å². The van der Waals surface area contributed by atoms with Crippen LogP contribution in [0.25, 0.3) is 27.7 Å². The van der Waals surface area contributed by atoms with Crippen molar-refractivity contribution in [3.8, 4) is 22.6 Å². The number of methoxy groups -OCH3 is 1. The maximum absolute atomic E-state index is 13.7. The van der Waals surface area contributed by atoms with Crippen molar-refractivity contribution < 1.29 is 27.4 Å². The van der Waals surface area contributed by atoms with Gasteiger partial charge in [-0.3, -0.25) is 0 Å². The highest BCUT2D eigenvalue weighted by molar-refractivity contribution is 6.00. The van der Waals surface area contributed by atoms with Gasteiger partial charge in [-0.05, 0) is 54.4 Å². The summed E-state index contributed by atoms with van der Waals surface area (Å²) in [5.74, 6) is 0.712. The van der Waals surface area contributed by atoms with Crippen LogP contribution in [0.3, 0.4) is 0 Å². The highest BCUT2D eigenvalue weighted by atomic mass is 19.4. The van der Waals surface area contributed by atoms with E-state index >= 15 is 0 Å². The van der Waals surface area contributed by atoms with Gasteiger partial charge in [0, 0.05) is 28.8 Å². The summed E-state index contributed by atoms with van der Waals surface area (Å²) in [5.41, 5.74) is 4.22. The fraction of sp³-hybridized carbons (Fsp3) is 0.259. The van der Waals surface area contributed by atoms with Gasteiger partial charge in [0.2, 0.25) is 0 Å². The van der Waals surface area contributed by atoms with Gasteiger partial charge in [0.15, 0.2) is 6.29 Å². The number of aromatic nitrogens is 1. The van der Waals surface area contributed by atoms with Crippen molar-refractivity contribution >= 4 is 10.9 Å². The third-order valence-corrected chi connectivity index (χ3v) is 6.15. The number of halogens is 3. The van der Waals surface area contributed by atoms with Crippen molar-refractivity contribution in [3.63, 3.8) is 0 Å². The number of benzene rings is 3. The molecule has 1 fully saturated rings. The largest absolute Gasteiger partial charge is 0.497 e. The first-order valence-corrected chi connectivity index (χ1v) is 11.0. The minimum atomic E-state index is -4.45. The highest BCUT2D eigenvalue weighted by Crippen LogP contribution is 2.42. The Morgan fingerprint density at radius 3 is 2.35 bits per heavy atom. The zero-order chi connectivity index (χ0) is 23.9. The molecule has 4 nitrogen and oxygen atoms in total. The van der Waals surface area contributed by atoms with E-state index in [2.05, 4.69) is 0 Å². The average molecular weight is 467 g/mol. The molecule has 7 heteroatoms. The lowest BCUT2D eigenvalue weighted by Crippen LogP contribution is -2.15. The van der Waals surface area contributed by atoms with Gasteiger partial charge < -0.3 is 18.8 Å². The van der Waals surface area contributed by atoms with E-state index in [9.17, 15) is 13.2 Å². The predicted octanol–water partition coefficient (Wildman–Crippen LogP) is 6.55. The SMILES string of the molecule is COc1ccc(-n2c(CC3OCCO3)c(-c3ccccc3)c3cc(C(F)(F)F)ccc32)c(C)c1. The lowest BCUT2D eigenvalue weighted by Gasteiger charge is -2.18. The van der Waals surface area contributed by atoms with Gasteiger partial charge in [-0.25, -0.2) is 0 Å². The van der Waals surface area contributed by atoms with Crippen LogP contribution in [-0.4, -0.2) is 31.2 Å². The lowest BCUT2D eigenvalue weighted by molar-refractivity contribution is -0.137. The summed E-state index contributed by atoms with van der Waals surface area (Å²) < 4.78 is 60.0. The Balaban J connectivity index is 1.85. The van der Waals surface area contributed by atoms with E-state index in [0.29, 0.717) is 36.3 Å². The van der Waals surface area contributed by atoms with Gasteiger partial charge in [-0.15, -0.1) is 0 Å². The van der Waals surface area contributed by atoms with E-state index in [4.69, 9.17) is 14.2 Å². The highest BCUT2D eigenvalue weighted by Gasteiger charge is 2.32. The topological polar surface area (TPSA) is 32.6 Å². The number of hydrogen-bond donors (Lipinski definition) is 0. The maximum atomic E-state index is 13.7. The lowest BCUT2D eigenvalue weighted by atomic mass is 9.99. The number of alkyl halides is 3. The number of rotatable bonds is 5. The first-order valence-electron chi connectivity index (χ1n) is 11.0. The molecule has 2 heterocycles. The second-order valence-corrected chi connectivity index (χ2v) is 8.28. The Hall–Kier alpha value is -3.29. The zero-order valence-electron chi connectivity index (χ0n) is 18.9. The molecule has 3 aromatic carbocycles. The van der Waals surface area contributed by atoms with Crippen LogP contribution in [0.1, 0.15) is 16.8 Å². The summed E-state index contributed by atoms with van der Waals surface area (Å²) in [6, 6.07) is 19.1. The van der Waals surface area contributed by atoms with Crippen molar-refractivity contribution in [2.75, 3.05) is 20.3 Å². The molecule has 5 rings (SSSR count). The van der Waals surface area contributed by atoms with E-state index in [0.717, 1.165) is 34.1 Å². The molecule has 0 radical (unpaired) electrons. The van der Waals surface area contributed by atoms with Gasteiger partial charge in [0.05, 0.1) is 31.4 Å². The number of hydrogen-bond acceptors (Lipinski definition) is 3. The Morgan fingerprint density at radius 2 is 1.71 bits per heavy atom. The predicted molar refractivity (Wildman–Crippen MR) is 124 cm³/mol. The third-order valence-electron chi connectivity index (χ3n) is 6.15. The normalized spacial score (nSPS) is 14.7. The molecule has 0 spiro atoms. The Morgan fingerprint density at radius 1 is 0.971 bits per heavy atom. The molecule has 176 valence electrons. The van der Waals surface area contributed by atoms with Crippen LogP contribution in [0.15, 0.2) is 66.7 Å². The van der Waals surface area contributed by atoms with Gasteiger partial charge >= 0.3 is 6.18 Å². The zero-order valence-corrected chi connectivity index (χ0v) is 18.9. The summed E-state index contributed by atoms with van der Waals surface area (Å²) in [6.45, 7) is 2.94. The van der Waals surface area contributed by atoms with Gasteiger partial charge in [0.1, 0.15) is 5.75 Å². The first-order chi connectivity index (χ1) is 16.4. The van der Waals surface area contributed by atoms with Crippen LogP contribution in [-0.2, 0) is 22.1 Å². The summed E-state index contributed by atoms with van der Waals surface area (Å²) in [6.07, 6.45) is -4.52. The molecule has 0 aliphatic carbocycles. The van der Waals surface area contributed by atoms with Crippen LogP contribution in [0.2, 0.25) is 0 Å². The summed E-state index contributed by atoms with van der Waals surface area (Å²) >= 11 is 0.